The fourth-order valence-corrected chi connectivity index (χ4v) is 3.04. The van der Waals surface area contributed by atoms with Crippen molar-refractivity contribution in [3.05, 3.63) is 64.2 Å². The van der Waals surface area contributed by atoms with Crippen LogP contribution in [0.4, 0.5) is 5.69 Å². The molecule has 1 fully saturated rings. The van der Waals surface area contributed by atoms with E-state index in [-0.39, 0.29) is 17.2 Å². The highest BCUT2D eigenvalue weighted by Gasteiger charge is 2.26. The molecular formula is C19H21N3O4. The molecule has 1 amide bonds. The van der Waals surface area contributed by atoms with Gasteiger partial charge in [0, 0.05) is 31.3 Å². The minimum atomic E-state index is -0.504. The predicted octanol–water partition coefficient (Wildman–Crippen LogP) is 3.21. The molecule has 0 unspecified atom stereocenters. The number of amides is 1. The fourth-order valence-electron chi connectivity index (χ4n) is 3.04. The Morgan fingerprint density at radius 2 is 1.88 bits per heavy atom. The minimum absolute atomic E-state index is 0.126. The molecule has 1 aliphatic rings. The maximum absolute atomic E-state index is 13.0. The van der Waals surface area contributed by atoms with Gasteiger partial charge in [-0.2, -0.15) is 0 Å². The maximum atomic E-state index is 13.0. The Kier molecular flexibility index (Phi) is 5.48. The van der Waals surface area contributed by atoms with Crippen molar-refractivity contribution in [2.45, 2.75) is 18.9 Å². The van der Waals surface area contributed by atoms with Gasteiger partial charge in [-0.05, 0) is 38.1 Å². The van der Waals surface area contributed by atoms with Crippen LogP contribution in [0.3, 0.4) is 0 Å². The number of nitro groups is 1. The molecule has 136 valence electrons. The first kappa shape index (κ1) is 17.9. The maximum Gasteiger partial charge on any atom is 0.270 e. The Morgan fingerprint density at radius 1 is 1.19 bits per heavy atom. The van der Waals surface area contributed by atoms with Crippen molar-refractivity contribution in [3.63, 3.8) is 0 Å². The van der Waals surface area contributed by atoms with Crippen molar-refractivity contribution in [2.24, 2.45) is 0 Å². The number of benzene rings is 2. The number of carbonyl (C=O) groups excluding carboxylic acids is 1. The predicted molar refractivity (Wildman–Crippen MR) is 97.6 cm³/mol. The zero-order valence-corrected chi connectivity index (χ0v) is 14.6. The zero-order valence-electron chi connectivity index (χ0n) is 14.6. The smallest absolute Gasteiger partial charge is 0.270 e. The van der Waals surface area contributed by atoms with E-state index in [4.69, 9.17) is 4.74 Å². The molecule has 3 rings (SSSR count). The van der Waals surface area contributed by atoms with Gasteiger partial charge < -0.3 is 15.0 Å². The molecule has 0 aliphatic carbocycles. The van der Waals surface area contributed by atoms with Crippen molar-refractivity contribution in [3.8, 4) is 11.5 Å². The number of ether oxygens (including phenoxy) is 1. The summed E-state index contributed by atoms with van der Waals surface area (Å²) in [6, 6.07) is 13.6. The monoisotopic (exact) mass is 355 g/mol. The molecule has 7 heteroatoms. The van der Waals surface area contributed by atoms with Gasteiger partial charge >= 0.3 is 0 Å². The number of piperidine rings is 1. The number of rotatable bonds is 5. The van der Waals surface area contributed by atoms with Gasteiger partial charge in [0.15, 0.2) is 0 Å². The number of carbonyl (C=O) groups is 1. The summed E-state index contributed by atoms with van der Waals surface area (Å²) in [5.41, 5.74) is 0.0878. The second-order valence-corrected chi connectivity index (χ2v) is 6.21. The molecule has 26 heavy (non-hydrogen) atoms. The van der Waals surface area contributed by atoms with Crippen molar-refractivity contribution in [1.29, 1.82) is 0 Å². The molecule has 1 N–H and O–H groups in total. The van der Waals surface area contributed by atoms with Crippen LogP contribution in [0.15, 0.2) is 48.5 Å². The van der Waals surface area contributed by atoms with E-state index >= 15 is 0 Å². The van der Waals surface area contributed by atoms with Crippen LogP contribution in [0.25, 0.3) is 0 Å². The summed E-state index contributed by atoms with van der Waals surface area (Å²) in [5, 5.41) is 14.4. The third-order valence-electron chi connectivity index (χ3n) is 4.57. The number of non-ortho nitro benzene ring substituents is 1. The highest BCUT2D eigenvalue weighted by atomic mass is 16.6. The van der Waals surface area contributed by atoms with Gasteiger partial charge in [0.2, 0.25) is 0 Å². The summed E-state index contributed by atoms with van der Waals surface area (Å²) in [6.07, 6.45) is 1.71. The number of nitro benzene ring substituents is 1. The molecule has 1 saturated heterocycles. The van der Waals surface area contributed by atoms with Gasteiger partial charge in [0.25, 0.3) is 11.6 Å². The van der Waals surface area contributed by atoms with E-state index in [2.05, 4.69) is 5.32 Å². The molecular weight excluding hydrogens is 334 g/mol. The summed E-state index contributed by atoms with van der Waals surface area (Å²) in [4.78, 5) is 25.3. The van der Waals surface area contributed by atoms with Gasteiger partial charge in [0.05, 0.1) is 10.5 Å². The lowest BCUT2D eigenvalue weighted by atomic mass is 10.0. The molecule has 0 radical (unpaired) electrons. The third kappa shape index (κ3) is 4.00. The van der Waals surface area contributed by atoms with Crippen molar-refractivity contribution in [2.75, 3.05) is 20.1 Å². The second-order valence-electron chi connectivity index (χ2n) is 6.21. The van der Waals surface area contributed by atoms with Gasteiger partial charge in [-0.3, -0.25) is 14.9 Å². The number of hydrogen-bond acceptors (Lipinski definition) is 5. The third-order valence-corrected chi connectivity index (χ3v) is 4.57. The lowest BCUT2D eigenvalue weighted by Gasteiger charge is -2.32. The largest absolute Gasteiger partial charge is 0.457 e. The van der Waals surface area contributed by atoms with Crippen LogP contribution < -0.4 is 10.1 Å². The summed E-state index contributed by atoms with van der Waals surface area (Å²) in [6.45, 7) is 1.22. The van der Waals surface area contributed by atoms with Crippen LogP contribution in [-0.4, -0.2) is 41.9 Å². The molecule has 2 aromatic carbocycles. The van der Waals surface area contributed by atoms with Gasteiger partial charge in [-0.1, -0.05) is 18.2 Å². The number of nitrogens with one attached hydrogen (secondary N) is 1. The van der Waals surface area contributed by atoms with Crippen molar-refractivity contribution >= 4 is 11.6 Å². The first-order valence-corrected chi connectivity index (χ1v) is 8.56. The Morgan fingerprint density at radius 3 is 2.50 bits per heavy atom. The van der Waals surface area contributed by atoms with E-state index in [1.54, 1.807) is 17.0 Å². The highest BCUT2D eigenvalue weighted by Crippen LogP contribution is 2.30. The van der Waals surface area contributed by atoms with E-state index < -0.39 is 4.92 Å². The van der Waals surface area contributed by atoms with Gasteiger partial charge in [-0.25, -0.2) is 0 Å². The van der Waals surface area contributed by atoms with Crippen LogP contribution in [0, 0.1) is 10.1 Å². The van der Waals surface area contributed by atoms with Gasteiger partial charge in [0.1, 0.15) is 11.5 Å². The topological polar surface area (TPSA) is 84.7 Å². The summed E-state index contributed by atoms with van der Waals surface area (Å²) in [7, 11) is 1.91. The standard InChI is InChI=1S/C19H21N3O4/c1-20-14-9-11-21(12-10-14)19(23)17-13-15(22(24)25)7-8-18(17)26-16-5-3-2-4-6-16/h2-8,13-14,20H,9-12H2,1H3. The lowest BCUT2D eigenvalue weighted by molar-refractivity contribution is -0.384. The highest BCUT2D eigenvalue weighted by molar-refractivity contribution is 5.97. The normalized spacial score (nSPS) is 14.9. The van der Waals surface area contributed by atoms with Crippen LogP contribution in [-0.2, 0) is 0 Å². The summed E-state index contributed by atoms with van der Waals surface area (Å²) < 4.78 is 5.82. The first-order valence-electron chi connectivity index (χ1n) is 8.56. The SMILES string of the molecule is CNC1CCN(C(=O)c2cc([N+](=O)[O-])ccc2Oc2ccccc2)CC1. The van der Waals surface area contributed by atoms with Crippen molar-refractivity contribution < 1.29 is 14.5 Å². The summed E-state index contributed by atoms with van der Waals surface area (Å²) >= 11 is 0. The zero-order chi connectivity index (χ0) is 18.5. The number of likely N-dealkylation sites (tertiary alicyclic amines) is 1. The molecule has 1 heterocycles. The Bertz CT molecular complexity index is 787. The fraction of sp³-hybridized carbons (Fsp3) is 0.316. The average molecular weight is 355 g/mol. The Hall–Kier alpha value is -2.93. The van der Waals surface area contributed by atoms with E-state index in [1.807, 2.05) is 25.2 Å². The molecule has 0 spiro atoms. The van der Waals surface area contributed by atoms with E-state index in [0.29, 0.717) is 30.6 Å². The minimum Gasteiger partial charge on any atom is -0.457 e. The Balaban J connectivity index is 1.88. The first-order chi connectivity index (χ1) is 12.6. The molecule has 0 saturated carbocycles. The molecule has 7 nitrogen and oxygen atoms in total. The van der Waals surface area contributed by atoms with Crippen molar-refractivity contribution in [1.82, 2.24) is 10.2 Å². The van der Waals surface area contributed by atoms with Crippen LogP contribution in [0.2, 0.25) is 0 Å². The summed E-state index contributed by atoms with van der Waals surface area (Å²) in [5.74, 6) is 0.654. The van der Waals surface area contributed by atoms with E-state index in [1.165, 1.54) is 18.2 Å². The average Bonchev–Trinajstić information content (AvgIpc) is 2.68. The lowest BCUT2D eigenvalue weighted by Crippen LogP contribution is -2.44. The number of para-hydroxylation sites is 1. The van der Waals surface area contributed by atoms with E-state index in [9.17, 15) is 14.9 Å². The van der Waals surface area contributed by atoms with Crippen LogP contribution >= 0.6 is 0 Å². The number of hydrogen-bond donors (Lipinski definition) is 1. The Labute approximate surface area is 151 Å². The van der Waals surface area contributed by atoms with Crippen LogP contribution in [0.1, 0.15) is 23.2 Å². The van der Waals surface area contributed by atoms with E-state index in [0.717, 1.165) is 12.8 Å². The van der Waals surface area contributed by atoms with Gasteiger partial charge in [-0.15, -0.1) is 0 Å². The molecule has 0 aromatic heterocycles. The number of nitrogens with zero attached hydrogens (tertiary/aromatic N) is 2. The van der Waals surface area contributed by atoms with Crippen LogP contribution in [0.5, 0.6) is 11.5 Å². The quantitative estimate of drug-likeness (QED) is 0.657. The molecule has 0 atom stereocenters. The second kappa shape index (κ2) is 7.97. The molecule has 0 bridgehead atoms. The molecule has 1 aliphatic heterocycles. The molecule has 2 aromatic rings.